The number of ether oxygens (including phenoxy) is 1. The Bertz CT molecular complexity index is 808. The number of methoxy groups -OCH3 is 1. The summed E-state index contributed by atoms with van der Waals surface area (Å²) in [5.74, 6) is 0.0428. The van der Waals surface area contributed by atoms with Crippen LogP contribution in [0.4, 0.5) is 10.3 Å². The molecule has 0 aliphatic heterocycles. The number of benzene rings is 1. The van der Waals surface area contributed by atoms with Crippen molar-refractivity contribution in [2.75, 3.05) is 12.8 Å². The number of hydrogen-bond donors (Lipinski definition) is 1. The SMILES string of the molecule is COc1nc(N)nc(-c2cccc(F)c2)c1-c1ccncc1. The molecule has 22 heavy (non-hydrogen) atoms. The van der Waals surface area contributed by atoms with Crippen molar-refractivity contribution in [3.63, 3.8) is 0 Å². The van der Waals surface area contributed by atoms with Crippen molar-refractivity contribution in [1.29, 1.82) is 0 Å². The molecule has 5 nitrogen and oxygen atoms in total. The maximum absolute atomic E-state index is 13.6. The summed E-state index contributed by atoms with van der Waals surface area (Å²) in [6, 6.07) is 9.75. The van der Waals surface area contributed by atoms with Gasteiger partial charge in [0.15, 0.2) is 0 Å². The minimum absolute atomic E-state index is 0.0638. The molecule has 3 rings (SSSR count). The lowest BCUT2D eigenvalue weighted by Crippen LogP contribution is -2.03. The second kappa shape index (κ2) is 5.77. The third-order valence-corrected chi connectivity index (χ3v) is 3.15. The van der Waals surface area contributed by atoms with E-state index in [1.54, 1.807) is 36.7 Å². The zero-order chi connectivity index (χ0) is 15.5. The van der Waals surface area contributed by atoms with Gasteiger partial charge in [0, 0.05) is 18.0 Å². The number of nitrogens with zero attached hydrogens (tertiary/aromatic N) is 3. The van der Waals surface area contributed by atoms with E-state index in [1.165, 1.54) is 19.2 Å². The highest BCUT2D eigenvalue weighted by molar-refractivity contribution is 5.84. The molecule has 2 heterocycles. The molecular formula is C16H13FN4O. The summed E-state index contributed by atoms with van der Waals surface area (Å²) in [6.07, 6.45) is 3.31. The van der Waals surface area contributed by atoms with Crippen molar-refractivity contribution in [2.45, 2.75) is 0 Å². The highest BCUT2D eigenvalue weighted by atomic mass is 19.1. The standard InChI is InChI=1S/C16H13FN4O/c1-22-15-13(10-5-7-19-8-6-10)14(20-16(18)21-15)11-3-2-4-12(17)9-11/h2-9H,1H3,(H2,18,20,21). The fourth-order valence-corrected chi connectivity index (χ4v) is 2.23. The van der Waals surface area contributed by atoms with Gasteiger partial charge in [-0.25, -0.2) is 9.37 Å². The molecule has 0 radical (unpaired) electrons. The summed E-state index contributed by atoms with van der Waals surface area (Å²) in [5.41, 5.74) is 8.31. The number of nitrogens with two attached hydrogens (primary N) is 1. The molecule has 6 heteroatoms. The first-order valence-corrected chi connectivity index (χ1v) is 6.57. The van der Waals surface area contributed by atoms with Gasteiger partial charge < -0.3 is 10.5 Å². The van der Waals surface area contributed by atoms with E-state index < -0.39 is 0 Å². The molecule has 110 valence electrons. The molecule has 0 atom stereocenters. The minimum Gasteiger partial charge on any atom is -0.480 e. The lowest BCUT2D eigenvalue weighted by molar-refractivity contribution is 0.400. The molecule has 0 fully saturated rings. The predicted molar refractivity (Wildman–Crippen MR) is 81.6 cm³/mol. The van der Waals surface area contributed by atoms with Crippen LogP contribution in [0.1, 0.15) is 0 Å². The highest BCUT2D eigenvalue weighted by Gasteiger charge is 2.18. The summed E-state index contributed by atoms with van der Waals surface area (Å²) in [6.45, 7) is 0. The molecule has 0 aliphatic rings. The van der Waals surface area contributed by atoms with Crippen LogP contribution in [0.3, 0.4) is 0 Å². The van der Waals surface area contributed by atoms with E-state index in [0.29, 0.717) is 22.7 Å². The number of nitrogen functional groups attached to an aromatic ring is 1. The molecule has 0 spiro atoms. The topological polar surface area (TPSA) is 73.9 Å². The van der Waals surface area contributed by atoms with Gasteiger partial charge in [0.25, 0.3) is 0 Å². The number of anilines is 1. The molecule has 0 unspecified atom stereocenters. The van der Waals surface area contributed by atoms with Crippen molar-refractivity contribution in [1.82, 2.24) is 15.0 Å². The molecule has 0 saturated carbocycles. The molecule has 3 aromatic rings. The number of aromatic nitrogens is 3. The molecule has 2 N–H and O–H groups in total. The zero-order valence-corrected chi connectivity index (χ0v) is 11.8. The lowest BCUT2D eigenvalue weighted by Gasteiger charge is -2.13. The largest absolute Gasteiger partial charge is 0.480 e. The third kappa shape index (κ3) is 2.58. The summed E-state index contributed by atoms with van der Waals surface area (Å²) in [4.78, 5) is 12.4. The van der Waals surface area contributed by atoms with E-state index in [1.807, 2.05) is 0 Å². The van der Waals surface area contributed by atoms with Crippen LogP contribution in [0, 0.1) is 5.82 Å². The predicted octanol–water partition coefficient (Wildman–Crippen LogP) is 2.94. The Morgan fingerprint density at radius 2 is 1.82 bits per heavy atom. The third-order valence-electron chi connectivity index (χ3n) is 3.15. The monoisotopic (exact) mass is 296 g/mol. The van der Waals surface area contributed by atoms with E-state index in [0.717, 1.165) is 5.56 Å². The molecule has 2 aromatic heterocycles. The Kier molecular flexibility index (Phi) is 3.65. The molecular weight excluding hydrogens is 283 g/mol. The number of rotatable bonds is 3. The van der Waals surface area contributed by atoms with Crippen molar-refractivity contribution >= 4 is 5.95 Å². The van der Waals surface area contributed by atoms with Crippen LogP contribution in [-0.2, 0) is 0 Å². The van der Waals surface area contributed by atoms with E-state index >= 15 is 0 Å². The fraction of sp³-hybridized carbons (Fsp3) is 0.0625. The van der Waals surface area contributed by atoms with E-state index in [4.69, 9.17) is 10.5 Å². The first-order chi connectivity index (χ1) is 10.7. The maximum Gasteiger partial charge on any atom is 0.226 e. The fourth-order valence-electron chi connectivity index (χ4n) is 2.23. The maximum atomic E-state index is 13.6. The summed E-state index contributed by atoms with van der Waals surface area (Å²) in [5, 5.41) is 0. The summed E-state index contributed by atoms with van der Waals surface area (Å²) in [7, 11) is 1.50. The van der Waals surface area contributed by atoms with Crippen LogP contribution in [0.15, 0.2) is 48.8 Å². The quantitative estimate of drug-likeness (QED) is 0.804. The highest BCUT2D eigenvalue weighted by Crippen LogP contribution is 2.37. The number of hydrogen-bond acceptors (Lipinski definition) is 5. The molecule has 0 saturated heterocycles. The Labute approximate surface area is 126 Å². The number of halogens is 1. The van der Waals surface area contributed by atoms with Gasteiger partial charge >= 0.3 is 0 Å². The van der Waals surface area contributed by atoms with E-state index in [-0.39, 0.29) is 11.8 Å². The smallest absolute Gasteiger partial charge is 0.226 e. The van der Waals surface area contributed by atoms with Crippen molar-refractivity contribution < 1.29 is 9.13 Å². The van der Waals surface area contributed by atoms with Gasteiger partial charge in [-0.2, -0.15) is 4.98 Å². The Morgan fingerprint density at radius 1 is 1.05 bits per heavy atom. The van der Waals surface area contributed by atoms with E-state index in [9.17, 15) is 4.39 Å². The van der Waals surface area contributed by atoms with Gasteiger partial charge in [-0.1, -0.05) is 12.1 Å². The van der Waals surface area contributed by atoms with Gasteiger partial charge in [-0.05, 0) is 29.8 Å². The normalized spacial score (nSPS) is 10.5. The summed E-state index contributed by atoms with van der Waals surface area (Å²) < 4.78 is 18.9. The molecule has 0 amide bonds. The van der Waals surface area contributed by atoms with Crippen LogP contribution in [0.2, 0.25) is 0 Å². The zero-order valence-electron chi connectivity index (χ0n) is 11.8. The van der Waals surface area contributed by atoms with Gasteiger partial charge in [-0.15, -0.1) is 0 Å². The first-order valence-electron chi connectivity index (χ1n) is 6.57. The van der Waals surface area contributed by atoms with E-state index in [2.05, 4.69) is 15.0 Å². The Balaban J connectivity index is 2.31. The van der Waals surface area contributed by atoms with Crippen LogP contribution < -0.4 is 10.5 Å². The van der Waals surface area contributed by atoms with Gasteiger partial charge in [0.05, 0.1) is 18.4 Å². The lowest BCUT2D eigenvalue weighted by atomic mass is 10.0. The second-order valence-electron chi connectivity index (χ2n) is 4.56. The average molecular weight is 296 g/mol. The second-order valence-corrected chi connectivity index (χ2v) is 4.56. The van der Waals surface area contributed by atoms with Gasteiger partial charge in [0.2, 0.25) is 11.8 Å². The average Bonchev–Trinajstić information content (AvgIpc) is 2.54. The van der Waals surface area contributed by atoms with Crippen LogP contribution in [0.25, 0.3) is 22.4 Å². The van der Waals surface area contributed by atoms with Crippen molar-refractivity contribution in [2.24, 2.45) is 0 Å². The Hall–Kier alpha value is -3.02. The number of pyridine rings is 1. The van der Waals surface area contributed by atoms with Crippen LogP contribution >= 0.6 is 0 Å². The van der Waals surface area contributed by atoms with Crippen LogP contribution in [0.5, 0.6) is 5.88 Å². The molecule has 1 aromatic carbocycles. The van der Waals surface area contributed by atoms with Crippen LogP contribution in [-0.4, -0.2) is 22.1 Å². The van der Waals surface area contributed by atoms with Crippen molar-refractivity contribution in [3.8, 4) is 28.3 Å². The van der Waals surface area contributed by atoms with Crippen molar-refractivity contribution in [3.05, 3.63) is 54.6 Å². The van der Waals surface area contributed by atoms with Gasteiger partial charge in [0.1, 0.15) is 5.82 Å². The summed E-state index contributed by atoms with van der Waals surface area (Å²) >= 11 is 0. The molecule has 0 aliphatic carbocycles. The molecule has 0 bridgehead atoms. The Morgan fingerprint density at radius 3 is 2.50 bits per heavy atom. The minimum atomic E-state index is -0.352. The first kappa shape index (κ1) is 13.9. The van der Waals surface area contributed by atoms with Gasteiger partial charge in [-0.3, -0.25) is 4.98 Å².